The summed E-state index contributed by atoms with van der Waals surface area (Å²) in [6, 6.07) is 0. The first-order chi connectivity index (χ1) is 7.57. The molecule has 4 unspecified atom stereocenters. The minimum atomic E-state index is -0.606. The number of ether oxygens (including phenoxy) is 4. The minimum Gasteiger partial charge on any atom is -0.353 e. The number of hydrogen-bond donors (Lipinski definition) is 0. The second-order valence-electron chi connectivity index (χ2n) is 4.25. The monoisotopic (exact) mass is 245 g/mol. The Balaban J connectivity index is 2.05. The third-order valence-corrected chi connectivity index (χ3v) is 3.28. The molecule has 90 valence electrons. The van der Waals surface area contributed by atoms with Crippen LogP contribution in [0.2, 0.25) is 0 Å². The molecule has 5 nitrogen and oxygen atoms in total. The number of thiocyanates is 1. The molecule has 0 radical (unpaired) electrons. The Hall–Kier alpha value is -0.320. The third kappa shape index (κ3) is 2.19. The Morgan fingerprint density at radius 1 is 1.38 bits per heavy atom. The molecule has 16 heavy (non-hydrogen) atoms. The van der Waals surface area contributed by atoms with Crippen LogP contribution in [0.5, 0.6) is 0 Å². The summed E-state index contributed by atoms with van der Waals surface area (Å²) in [5.74, 6) is -0.0393. The normalized spacial score (nSPS) is 40.6. The summed E-state index contributed by atoms with van der Waals surface area (Å²) in [6.45, 7) is 3.74. The Labute approximate surface area is 99.0 Å². The molecule has 0 saturated carbocycles. The smallest absolute Gasteiger partial charge is 0.186 e. The summed E-state index contributed by atoms with van der Waals surface area (Å²) in [5, 5.41) is 10.6. The van der Waals surface area contributed by atoms with Gasteiger partial charge in [-0.25, -0.2) is 0 Å². The number of hydrogen-bond acceptors (Lipinski definition) is 6. The average molecular weight is 245 g/mol. The van der Waals surface area contributed by atoms with Crippen LogP contribution in [-0.4, -0.2) is 43.3 Å². The van der Waals surface area contributed by atoms with Gasteiger partial charge in [0.1, 0.15) is 17.6 Å². The summed E-state index contributed by atoms with van der Waals surface area (Å²) in [5.41, 5.74) is 0. The van der Waals surface area contributed by atoms with E-state index >= 15 is 0 Å². The molecular weight excluding hydrogens is 230 g/mol. The van der Waals surface area contributed by atoms with Crippen molar-refractivity contribution in [1.29, 1.82) is 5.26 Å². The van der Waals surface area contributed by atoms with Gasteiger partial charge in [0.25, 0.3) is 0 Å². The lowest BCUT2D eigenvalue weighted by Crippen LogP contribution is -2.31. The van der Waals surface area contributed by atoms with Gasteiger partial charge in [-0.3, -0.25) is 0 Å². The van der Waals surface area contributed by atoms with Crippen LogP contribution in [-0.2, 0) is 18.9 Å². The SMILES string of the molecule is COC1OC(CSC#N)C2OC(C)(C)OC12. The van der Waals surface area contributed by atoms with Gasteiger partial charge in [-0.2, -0.15) is 5.26 Å². The van der Waals surface area contributed by atoms with E-state index in [1.165, 1.54) is 0 Å². The van der Waals surface area contributed by atoms with Crippen LogP contribution in [0.3, 0.4) is 0 Å². The predicted molar refractivity (Wildman–Crippen MR) is 57.6 cm³/mol. The number of nitrogens with zero attached hydrogens (tertiary/aromatic N) is 1. The molecule has 2 aliphatic rings. The predicted octanol–water partition coefficient (Wildman–Crippen LogP) is 1.09. The molecule has 4 atom stereocenters. The summed E-state index contributed by atoms with van der Waals surface area (Å²) in [4.78, 5) is 0. The molecule has 0 spiro atoms. The number of fused-ring (bicyclic) bond motifs is 1. The van der Waals surface area contributed by atoms with E-state index < -0.39 is 12.1 Å². The fourth-order valence-corrected chi connectivity index (χ4v) is 2.59. The number of methoxy groups -OCH3 is 1. The van der Waals surface area contributed by atoms with Gasteiger partial charge in [0.2, 0.25) is 0 Å². The van der Waals surface area contributed by atoms with E-state index in [1.54, 1.807) is 7.11 Å². The summed E-state index contributed by atoms with van der Waals surface area (Å²) in [7, 11) is 1.58. The number of thioether (sulfide) groups is 1. The molecular formula is C10H15NO4S. The molecule has 6 heteroatoms. The number of nitriles is 1. The lowest BCUT2D eigenvalue weighted by molar-refractivity contribution is -0.224. The van der Waals surface area contributed by atoms with Crippen molar-refractivity contribution in [3.63, 3.8) is 0 Å². The maximum Gasteiger partial charge on any atom is 0.186 e. The summed E-state index contributed by atoms with van der Waals surface area (Å²) < 4.78 is 22.3. The standard InChI is InChI=1S/C10H15NO4S/c1-10(2)14-7-6(4-16-5-11)13-9(12-3)8(7)15-10/h6-9H,4H2,1-3H3. The van der Waals surface area contributed by atoms with Crippen molar-refractivity contribution in [2.75, 3.05) is 12.9 Å². The van der Waals surface area contributed by atoms with Crippen LogP contribution in [0.4, 0.5) is 0 Å². The van der Waals surface area contributed by atoms with E-state index in [0.717, 1.165) is 11.8 Å². The van der Waals surface area contributed by atoms with Crippen LogP contribution in [0, 0.1) is 10.7 Å². The maximum absolute atomic E-state index is 8.55. The van der Waals surface area contributed by atoms with Gasteiger partial charge in [0.15, 0.2) is 12.1 Å². The second-order valence-corrected chi connectivity index (χ2v) is 5.05. The zero-order valence-corrected chi connectivity index (χ0v) is 10.3. The molecule has 2 aliphatic heterocycles. The molecule has 0 aromatic carbocycles. The fourth-order valence-electron chi connectivity index (χ4n) is 2.09. The first-order valence-corrected chi connectivity index (χ1v) is 6.11. The van der Waals surface area contributed by atoms with Crippen molar-refractivity contribution in [1.82, 2.24) is 0 Å². The van der Waals surface area contributed by atoms with E-state index in [9.17, 15) is 0 Å². The van der Waals surface area contributed by atoms with Crippen LogP contribution in [0.25, 0.3) is 0 Å². The van der Waals surface area contributed by atoms with E-state index in [1.807, 2.05) is 19.2 Å². The maximum atomic E-state index is 8.55. The lowest BCUT2D eigenvalue weighted by atomic mass is 10.2. The van der Waals surface area contributed by atoms with E-state index in [4.69, 9.17) is 24.2 Å². The largest absolute Gasteiger partial charge is 0.353 e. The average Bonchev–Trinajstić information content (AvgIpc) is 2.69. The van der Waals surface area contributed by atoms with E-state index in [2.05, 4.69) is 0 Å². The van der Waals surface area contributed by atoms with Crippen LogP contribution >= 0.6 is 11.8 Å². The van der Waals surface area contributed by atoms with Gasteiger partial charge in [-0.1, -0.05) is 0 Å². The topological polar surface area (TPSA) is 60.7 Å². The third-order valence-electron chi connectivity index (χ3n) is 2.65. The van der Waals surface area contributed by atoms with Gasteiger partial charge in [-0.15, -0.1) is 0 Å². The molecule has 0 aromatic heterocycles. The zero-order chi connectivity index (χ0) is 11.8. The van der Waals surface area contributed by atoms with Gasteiger partial charge >= 0.3 is 0 Å². The highest BCUT2D eigenvalue weighted by atomic mass is 32.2. The van der Waals surface area contributed by atoms with Gasteiger partial charge < -0.3 is 18.9 Å². The lowest BCUT2D eigenvalue weighted by Gasteiger charge is -2.23. The van der Waals surface area contributed by atoms with Crippen LogP contribution in [0.15, 0.2) is 0 Å². The zero-order valence-electron chi connectivity index (χ0n) is 9.50. The van der Waals surface area contributed by atoms with Crippen molar-refractivity contribution in [3.05, 3.63) is 0 Å². The minimum absolute atomic E-state index is 0.152. The van der Waals surface area contributed by atoms with Crippen molar-refractivity contribution in [3.8, 4) is 5.40 Å². The summed E-state index contributed by atoms with van der Waals surface area (Å²) in [6.07, 6.45) is -0.914. The Morgan fingerprint density at radius 2 is 2.06 bits per heavy atom. The molecule has 0 aromatic rings. The van der Waals surface area contributed by atoms with E-state index in [0.29, 0.717) is 5.75 Å². The molecule has 2 fully saturated rings. The Bertz CT molecular complexity index is 304. The Kier molecular flexibility index (Phi) is 3.42. The molecule has 0 aliphatic carbocycles. The first-order valence-electron chi connectivity index (χ1n) is 5.12. The van der Waals surface area contributed by atoms with Crippen LogP contribution < -0.4 is 0 Å². The highest BCUT2D eigenvalue weighted by Gasteiger charge is 2.55. The number of rotatable bonds is 3. The van der Waals surface area contributed by atoms with Gasteiger partial charge in [0.05, 0.1) is 6.10 Å². The molecule has 0 N–H and O–H groups in total. The molecule has 2 heterocycles. The van der Waals surface area contributed by atoms with Crippen LogP contribution in [0.1, 0.15) is 13.8 Å². The van der Waals surface area contributed by atoms with Crippen molar-refractivity contribution < 1.29 is 18.9 Å². The highest BCUT2D eigenvalue weighted by Crippen LogP contribution is 2.39. The molecule has 2 saturated heterocycles. The fraction of sp³-hybridized carbons (Fsp3) is 0.900. The molecule has 0 bridgehead atoms. The quantitative estimate of drug-likeness (QED) is 0.694. The Morgan fingerprint density at radius 3 is 2.69 bits per heavy atom. The first kappa shape index (κ1) is 12.1. The van der Waals surface area contributed by atoms with Gasteiger partial charge in [-0.05, 0) is 25.6 Å². The van der Waals surface area contributed by atoms with E-state index in [-0.39, 0.29) is 18.3 Å². The summed E-state index contributed by atoms with van der Waals surface area (Å²) >= 11 is 1.16. The van der Waals surface area contributed by atoms with Crippen molar-refractivity contribution in [2.24, 2.45) is 0 Å². The van der Waals surface area contributed by atoms with Gasteiger partial charge in [0, 0.05) is 12.9 Å². The van der Waals surface area contributed by atoms with Crippen molar-refractivity contribution >= 4 is 11.8 Å². The van der Waals surface area contributed by atoms with Crippen molar-refractivity contribution in [2.45, 2.75) is 44.2 Å². The molecule has 0 amide bonds. The molecule has 2 rings (SSSR count). The second kappa shape index (κ2) is 4.51. The highest BCUT2D eigenvalue weighted by molar-refractivity contribution is 8.03.